The molecule has 1 saturated carbocycles. The Bertz CT molecular complexity index is 464. The Morgan fingerprint density at radius 2 is 2.00 bits per heavy atom. The maximum absolute atomic E-state index is 6.31. The predicted octanol–water partition coefficient (Wildman–Crippen LogP) is 2.64. The molecule has 0 saturated heterocycles. The van der Waals surface area contributed by atoms with Crippen LogP contribution in [0.25, 0.3) is 11.1 Å². The van der Waals surface area contributed by atoms with Gasteiger partial charge < -0.3 is 10.2 Å². The highest BCUT2D eigenvalue weighted by molar-refractivity contribution is 5.72. The number of aromatic nitrogens is 1. The first-order chi connectivity index (χ1) is 7.75. The molecule has 84 valence electrons. The van der Waals surface area contributed by atoms with Crippen molar-refractivity contribution in [3.63, 3.8) is 0 Å². The summed E-state index contributed by atoms with van der Waals surface area (Å²) in [6.45, 7) is 0. The fourth-order valence-electron chi connectivity index (χ4n) is 2.55. The lowest BCUT2D eigenvalue weighted by Crippen LogP contribution is -2.38. The van der Waals surface area contributed by atoms with E-state index in [0.29, 0.717) is 0 Å². The number of para-hydroxylation sites is 2. The van der Waals surface area contributed by atoms with Crippen molar-refractivity contribution in [1.82, 2.24) is 4.98 Å². The molecule has 3 heteroatoms. The summed E-state index contributed by atoms with van der Waals surface area (Å²) >= 11 is 0. The third-order valence-corrected chi connectivity index (χ3v) is 3.44. The van der Waals surface area contributed by atoms with Gasteiger partial charge in [0.25, 0.3) is 0 Å². The molecule has 1 aliphatic rings. The second kappa shape index (κ2) is 3.59. The van der Waals surface area contributed by atoms with Gasteiger partial charge in [0.1, 0.15) is 5.52 Å². The molecule has 2 aromatic rings. The van der Waals surface area contributed by atoms with Crippen molar-refractivity contribution in [2.75, 3.05) is 0 Å². The normalized spacial score (nSPS) is 19.3. The van der Waals surface area contributed by atoms with Gasteiger partial charge in [-0.2, -0.15) is 0 Å². The van der Waals surface area contributed by atoms with Crippen LogP contribution >= 0.6 is 0 Å². The highest BCUT2D eigenvalue weighted by Crippen LogP contribution is 2.30. The molecule has 0 unspecified atom stereocenters. The smallest absolute Gasteiger partial charge is 0.197 e. The van der Waals surface area contributed by atoms with Gasteiger partial charge in [-0.15, -0.1) is 0 Å². The summed E-state index contributed by atoms with van der Waals surface area (Å²) in [7, 11) is 0. The maximum Gasteiger partial charge on any atom is 0.197 e. The Balaban J connectivity index is 1.89. The fraction of sp³-hybridized carbons (Fsp3) is 0.462. The van der Waals surface area contributed by atoms with Crippen LogP contribution in [0, 0.1) is 0 Å². The molecule has 2 N–H and O–H groups in total. The summed E-state index contributed by atoms with van der Waals surface area (Å²) in [6, 6.07) is 7.86. The zero-order chi connectivity index (χ0) is 11.0. The topological polar surface area (TPSA) is 52.0 Å². The third-order valence-electron chi connectivity index (χ3n) is 3.44. The van der Waals surface area contributed by atoms with E-state index in [9.17, 15) is 0 Å². The fourth-order valence-corrected chi connectivity index (χ4v) is 2.55. The molecule has 1 aromatic carbocycles. The van der Waals surface area contributed by atoms with E-state index in [4.69, 9.17) is 10.2 Å². The monoisotopic (exact) mass is 216 g/mol. The van der Waals surface area contributed by atoms with Gasteiger partial charge in [0.2, 0.25) is 0 Å². The van der Waals surface area contributed by atoms with Crippen LogP contribution in [0.1, 0.15) is 31.6 Å². The summed E-state index contributed by atoms with van der Waals surface area (Å²) in [5, 5.41) is 0. The molecule has 0 amide bonds. The number of benzene rings is 1. The van der Waals surface area contributed by atoms with Crippen LogP contribution in [-0.4, -0.2) is 10.5 Å². The number of fused-ring (bicyclic) bond motifs is 1. The van der Waals surface area contributed by atoms with Gasteiger partial charge in [0.05, 0.1) is 0 Å². The van der Waals surface area contributed by atoms with Crippen molar-refractivity contribution in [3.05, 3.63) is 30.2 Å². The highest BCUT2D eigenvalue weighted by atomic mass is 16.3. The number of hydrogen-bond acceptors (Lipinski definition) is 3. The molecule has 0 spiro atoms. The van der Waals surface area contributed by atoms with Crippen LogP contribution in [0.15, 0.2) is 28.7 Å². The van der Waals surface area contributed by atoms with E-state index in [1.165, 1.54) is 12.8 Å². The van der Waals surface area contributed by atoms with Crippen LogP contribution in [0.2, 0.25) is 0 Å². The number of oxazole rings is 1. The van der Waals surface area contributed by atoms with Crippen molar-refractivity contribution < 1.29 is 4.42 Å². The summed E-state index contributed by atoms with van der Waals surface area (Å²) in [5.41, 5.74) is 8.02. The Hall–Kier alpha value is -1.35. The Morgan fingerprint density at radius 3 is 2.75 bits per heavy atom. The van der Waals surface area contributed by atoms with Crippen molar-refractivity contribution in [3.8, 4) is 0 Å². The molecular weight excluding hydrogens is 200 g/mol. The van der Waals surface area contributed by atoms with E-state index in [2.05, 4.69) is 4.98 Å². The average Bonchev–Trinajstić information content (AvgIpc) is 2.84. The molecule has 0 atom stereocenters. The van der Waals surface area contributed by atoms with Crippen molar-refractivity contribution in [1.29, 1.82) is 0 Å². The zero-order valence-electron chi connectivity index (χ0n) is 9.28. The van der Waals surface area contributed by atoms with Crippen molar-refractivity contribution in [2.24, 2.45) is 5.73 Å². The molecular formula is C13H16N2O. The lowest BCUT2D eigenvalue weighted by atomic mass is 9.95. The SMILES string of the molecule is NC1(Cc2nc3ccccc3o2)CCCC1. The van der Waals surface area contributed by atoms with E-state index in [0.717, 1.165) is 36.3 Å². The van der Waals surface area contributed by atoms with Gasteiger partial charge in [0, 0.05) is 12.0 Å². The van der Waals surface area contributed by atoms with E-state index in [1.54, 1.807) is 0 Å². The van der Waals surface area contributed by atoms with E-state index in [-0.39, 0.29) is 5.54 Å². The third kappa shape index (κ3) is 1.71. The standard InChI is InChI=1S/C13H16N2O/c14-13(7-3-4-8-13)9-12-15-10-5-1-2-6-11(10)16-12/h1-2,5-6H,3-4,7-9,14H2. The first-order valence-corrected chi connectivity index (χ1v) is 5.89. The number of nitrogens with two attached hydrogens (primary N) is 1. The average molecular weight is 216 g/mol. The van der Waals surface area contributed by atoms with Crippen molar-refractivity contribution >= 4 is 11.1 Å². The lowest BCUT2D eigenvalue weighted by molar-refractivity contribution is 0.385. The summed E-state index contributed by atoms with van der Waals surface area (Å²) in [6.07, 6.45) is 5.41. The number of rotatable bonds is 2. The van der Waals surface area contributed by atoms with Crippen LogP contribution in [0.3, 0.4) is 0 Å². The van der Waals surface area contributed by atoms with Gasteiger partial charge in [-0.05, 0) is 25.0 Å². The van der Waals surface area contributed by atoms with Crippen LogP contribution in [0.5, 0.6) is 0 Å². The Kier molecular flexibility index (Phi) is 2.21. The molecule has 0 radical (unpaired) electrons. The Labute approximate surface area is 94.7 Å². The molecule has 3 nitrogen and oxygen atoms in total. The molecule has 1 fully saturated rings. The summed E-state index contributed by atoms with van der Waals surface area (Å²) < 4.78 is 5.70. The molecule has 1 heterocycles. The van der Waals surface area contributed by atoms with Crippen LogP contribution < -0.4 is 5.73 Å². The molecule has 3 rings (SSSR count). The highest BCUT2D eigenvalue weighted by Gasteiger charge is 2.31. The molecule has 0 bridgehead atoms. The molecule has 1 aromatic heterocycles. The van der Waals surface area contributed by atoms with Crippen LogP contribution in [0.4, 0.5) is 0 Å². The second-order valence-corrected chi connectivity index (χ2v) is 4.82. The van der Waals surface area contributed by atoms with E-state index in [1.807, 2.05) is 24.3 Å². The van der Waals surface area contributed by atoms with Gasteiger partial charge in [-0.3, -0.25) is 0 Å². The first-order valence-electron chi connectivity index (χ1n) is 5.89. The summed E-state index contributed by atoms with van der Waals surface area (Å²) in [4.78, 5) is 4.47. The van der Waals surface area contributed by atoms with Gasteiger partial charge >= 0.3 is 0 Å². The number of hydrogen-bond donors (Lipinski definition) is 1. The first kappa shape index (κ1) is 9.85. The minimum absolute atomic E-state index is 0.0825. The van der Waals surface area contributed by atoms with Crippen molar-refractivity contribution in [2.45, 2.75) is 37.6 Å². The largest absolute Gasteiger partial charge is 0.441 e. The molecule has 16 heavy (non-hydrogen) atoms. The maximum atomic E-state index is 6.31. The minimum Gasteiger partial charge on any atom is -0.441 e. The quantitative estimate of drug-likeness (QED) is 0.839. The predicted molar refractivity (Wildman–Crippen MR) is 63.1 cm³/mol. The number of nitrogens with zero attached hydrogens (tertiary/aromatic N) is 1. The summed E-state index contributed by atoms with van der Waals surface area (Å²) in [5.74, 6) is 0.783. The van der Waals surface area contributed by atoms with E-state index >= 15 is 0 Å². The van der Waals surface area contributed by atoms with Gasteiger partial charge in [0.15, 0.2) is 11.5 Å². The molecule has 0 aliphatic heterocycles. The van der Waals surface area contributed by atoms with E-state index < -0.39 is 0 Å². The van der Waals surface area contributed by atoms with Gasteiger partial charge in [-0.25, -0.2) is 4.98 Å². The van der Waals surface area contributed by atoms with Crippen LogP contribution in [-0.2, 0) is 6.42 Å². The lowest BCUT2D eigenvalue weighted by Gasteiger charge is -2.20. The second-order valence-electron chi connectivity index (χ2n) is 4.82. The minimum atomic E-state index is -0.0825. The van der Waals surface area contributed by atoms with Gasteiger partial charge in [-0.1, -0.05) is 25.0 Å². The molecule has 1 aliphatic carbocycles. The zero-order valence-corrected chi connectivity index (χ0v) is 9.28. The Morgan fingerprint density at radius 1 is 1.25 bits per heavy atom.